The average molecular weight is 439 g/mol. The Labute approximate surface area is 179 Å². The fourth-order valence-corrected chi connectivity index (χ4v) is 5.78. The Hall–Kier alpha value is -3.01. The normalized spacial score (nSPS) is 17.7. The summed E-state index contributed by atoms with van der Waals surface area (Å²) in [5.74, 6) is -1.62. The Balaban J connectivity index is 1.58. The van der Waals surface area contributed by atoms with Gasteiger partial charge in [0, 0.05) is 30.8 Å². The number of fused-ring (bicyclic) bond motifs is 3. The summed E-state index contributed by atoms with van der Waals surface area (Å²) in [4.78, 5) is 14.3. The lowest BCUT2D eigenvalue weighted by atomic mass is 10.1. The van der Waals surface area contributed by atoms with Gasteiger partial charge in [-0.1, -0.05) is 30.3 Å². The molecule has 1 aromatic heterocycles. The summed E-state index contributed by atoms with van der Waals surface area (Å²) in [5, 5.41) is 14.0. The number of carbonyl (C=O) groups is 1. The van der Waals surface area contributed by atoms with Crippen LogP contribution in [0.5, 0.6) is 0 Å². The molecule has 0 atom stereocenters. The highest BCUT2D eigenvalue weighted by Crippen LogP contribution is 2.40. The van der Waals surface area contributed by atoms with Gasteiger partial charge in [-0.15, -0.1) is 0 Å². The van der Waals surface area contributed by atoms with Crippen LogP contribution in [0.3, 0.4) is 0 Å². The zero-order valence-corrected chi connectivity index (χ0v) is 17.5. The topological polar surface area (TPSA) is 102 Å². The third-order valence-corrected chi connectivity index (χ3v) is 7.38. The summed E-state index contributed by atoms with van der Waals surface area (Å²) in [5.41, 5.74) is 2.80. The van der Waals surface area contributed by atoms with Crippen LogP contribution in [0.2, 0.25) is 0 Å². The van der Waals surface area contributed by atoms with Crippen molar-refractivity contribution in [3.63, 3.8) is 0 Å². The monoisotopic (exact) mass is 439 g/mol. The van der Waals surface area contributed by atoms with Crippen LogP contribution in [0.15, 0.2) is 53.4 Å². The molecule has 0 saturated carbocycles. The predicted octanol–water partition coefficient (Wildman–Crippen LogP) is 2.36. The molecule has 1 saturated heterocycles. The second-order valence-corrected chi connectivity index (χ2v) is 9.66. The summed E-state index contributed by atoms with van der Waals surface area (Å²) in [7, 11) is -3.64. The lowest BCUT2D eigenvalue weighted by Gasteiger charge is -2.26. The fraction of sp³-hybridized carbons (Fsp3) is 0.273. The van der Waals surface area contributed by atoms with Crippen LogP contribution in [-0.2, 0) is 26.9 Å². The molecule has 0 spiro atoms. The lowest BCUT2D eigenvalue weighted by Crippen LogP contribution is -2.35. The van der Waals surface area contributed by atoms with Gasteiger partial charge in [-0.05, 0) is 23.8 Å². The molecule has 2 aliphatic heterocycles. The van der Waals surface area contributed by atoms with E-state index in [4.69, 9.17) is 4.74 Å². The maximum Gasteiger partial charge on any atom is 0.356 e. The van der Waals surface area contributed by atoms with Crippen LogP contribution in [0.1, 0.15) is 21.6 Å². The van der Waals surface area contributed by atoms with Gasteiger partial charge in [0.1, 0.15) is 0 Å². The fourth-order valence-electron chi connectivity index (χ4n) is 4.18. The van der Waals surface area contributed by atoms with E-state index in [1.54, 1.807) is 28.9 Å². The number of hydrogen-bond donors (Lipinski definition) is 1. The van der Waals surface area contributed by atoms with Crippen molar-refractivity contribution in [3.8, 4) is 16.9 Å². The molecule has 1 fully saturated rings. The number of benzene rings is 2. The van der Waals surface area contributed by atoms with Gasteiger partial charge in [0.2, 0.25) is 0 Å². The molecule has 2 aliphatic rings. The Morgan fingerprint density at radius 2 is 1.77 bits per heavy atom. The number of aromatic nitrogens is 2. The van der Waals surface area contributed by atoms with Crippen LogP contribution >= 0.6 is 0 Å². The molecule has 8 nitrogen and oxygen atoms in total. The quantitative estimate of drug-likeness (QED) is 0.666. The Morgan fingerprint density at radius 3 is 2.48 bits per heavy atom. The van der Waals surface area contributed by atoms with Gasteiger partial charge in [0.05, 0.1) is 35.2 Å². The summed E-state index contributed by atoms with van der Waals surface area (Å²) in [6.07, 6.45) is 0. The molecule has 9 heteroatoms. The maximum atomic E-state index is 12.7. The number of morpholine rings is 1. The SMILES string of the molecule is O=C(O)c1nn(-c2ccc(CN3CCOCC3)cc2)c2c1CS(=O)(=O)c1ccccc1-2. The van der Waals surface area contributed by atoms with Crippen LogP contribution in [-0.4, -0.2) is 60.5 Å². The van der Waals surface area contributed by atoms with Crippen molar-refractivity contribution in [2.75, 3.05) is 26.3 Å². The van der Waals surface area contributed by atoms with Crippen molar-refractivity contribution in [2.24, 2.45) is 0 Å². The number of nitrogens with zero attached hydrogens (tertiary/aromatic N) is 3. The minimum Gasteiger partial charge on any atom is -0.476 e. The zero-order valence-electron chi connectivity index (χ0n) is 16.7. The van der Waals surface area contributed by atoms with Gasteiger partial charge in [-0.25, -0.2) is 17.9 Å². The summed E-state index contributed by atoms with van der Waals surface area (Å²) < 4.78 is 32.4. The highest BCUT2D eigenvalue weighted by atomic mass is 32.2. The van der Waals surface area contributed by atoms with Gasteiger partial charge in [-0.3, -0.25) is 4.90 Å². The summed E-state index contributed by atoms with van der Waals surface area (Å²) in [6.45, 7) is 4.06. The Morgan fingerprint density at radius 1 is 1.06 bits per heavy atom. The van der Waals surface area contributed by atoms with Crippen LogP contribution in [0.25, 0.3) is 16.9 Å². The first-order chi connectivity index (χ1) is 14.9. The van der Waals surface area contributed by atoms with Gasteiger partial charge in [0.15, 0.2) is 15.5 Å². The Bertz CT molecular complexity index is 1260. The highest BCUT2D eigenvalue weighted by molar-refractivity contribution is 7.90. The number of carboxylic acids is 1. The van der Waals surface area contributed by atoms with E-state index in [0.717, 1.165) is 38.4 Å². The molecule has 1 N–H and O–H groups in total. The van der Waals surface area contributed by atoms with E-state index in [1.165, 1.54) is 0 Å². The van der Waals surface area contributed by atoms with E-state index >= 15 is 0 Å². The van der Waals surface area contributed by atoms with E-state index in [0.29, 0.717) is 16.9 Å². The van der Waals surface area contributed by atoms with Crippen LogP contribution in [0.4, 0.5) is 0 Å². The summed E-state index contributed by atoms with van der Waals surface area (Å²) >= 11 is 0. The number of carboxylic acid groups (broad SMARTS) is 1. The standard InChI is InChI=1S/C22H21N3O5S/c26-22(27)20-18-14-31(28,29)19-4-2-1-3-17(19)21(18)25(23-20)16-7-5-15(6-8-16)13-24-9-11-30-12-10-24/h1-8H,9-14H2,(H,26,27). The highest BCUT2D eigenvalue weighted by Gasteiger charge is 2.35. The molecular weight excluding hydrogens is 418 g/mol. The molecule has 0 amide bonds. The Kier molecular flexibility index (Phi) is 4.88. The maximum absolute atomic E-state index is 12.7. The molecule has 2 aromatic carbocycles. The first kappa shape index (κ1) is 19.9. The second kappa shape index (κ2) is 7.60. The van der Waals surface area contributed by atoms with Crippen molar-refractivity contribution in [3.05, 3.63) is 65.4 Å². The number of ether oxygens (including phenoxy) is 1. The number of hydrogen-bond acceptors (Lipinski definition) is 6. The van der Waals surface area contributed by atoms with E-state index in [9.17, 15) is 18.3 Å². The lowest BCUT2D eigenvalue weighted by molar-refractivity contribution is 0.0342. The summed E-state index contributed by atoms with van der Waals surface area (Å²) in [6, 6.07) is 14.4. The van der Waals surface area contributed by atoms with Crippen LogP contribution < -0.4 is 0 Å². The van der Waals surface area contributed by atoms with E-state index in [-0.39, 0.29) is 21.9 Å². The molecule has 31 heavy (non-hydrogen) atoms. The van der Waals surface area contributed by atoms with E-state index < -0.39 is 15.8 Å². The van der Waals surface area contributed by atoms with Gasteiger partial charge < -0.3 is 9.84 Å². The minimum atomic E-state index is -3.64. The molecular formula is C22H21N3O5S. The van der Waals surface area contributed by atoms with E-state index in [2.05, 4.69) is 10.00 Å². The molecule has 0 aliphatic carbocycles. The largest absolute Gasteiger partial charge is 0.476 e. The van der Waals surface area contributed by atoms with Crippen molar-refractivity contribution >= 4 is 15.8 Å². The van der Waals surface area contributed by atoms with Gasteiger partial charge in [-0.2, -0.15) is 5.10 Å². The molecule has 3 aromatic rings. The first-order valence-corrected chi connectivity index (χ1v) is 11.7. The first-order valence-electron chi connectivity index (χ1n) is 10.0. The minimum absolute atomic E-state index is 0.199. The molecule has 0 radical (unpaired) electrons. The second-order valence-electron chi connectivity index (χ2n) is 7.70. The van der Waals surface area contributed by atoms with Crippen molar-refractivity contribution in [1.29, 1.82) is 0 Å². The van der Waals surface area contributed by atoms with Crippen molar-refractivity contribution in [2.45, 2.75) is 17.2 Å². The molecule has 160 valence electrons. The third kappa shape index (κ3) is 3.54. The zero-order chi connectivity index (χ0) is 21.6. The van der Waals surface area contributed by atoms with Crippen molar-refractivity contribution in [1.82, 2.24) is 14.7 Å². The third-order valence-electron chi connectivity index (χ3n) is 5.69. The van der Waals surface area contributed by atoms with Gasteiger partial charge in [0.25, 0.3) is 0 Å². The predicted molar refractivity (Wildman–Crippen MR) is 113 cm³/mol. The number of sulfone groups is 1. The van der Waals surface area contributed by atoms with Gasteiger partial charge >= 0.3 is 5.97 Å². The van der Waals surface area contributed by atoms with Crippen LogP contribution in [0, 0.1) is 0 Å². The average Bonchev–Trinajstić information content (AvgIpc) is 3.14. The van der Waals surface area contributed by atoms with E-state index in [1.807, 2.05) is 24.3 Å². The van der Waals surface area contributed by atoms with Crippen molar-refractivity contribution < 1.29 is 23.1 Å². The molecule has 3 heterocycles. The number of aromatic carboxylic acids is 1. The molecule has 5 rings (SSSR count). The smallest absolute Gasteiger partial charge is 0.356 e. The molecule has 0 bridgehead atoms. The molecule has 0 unspecified atom stereocenters. The number of rotatable bonds is 4.